The molecule has 0 bridgehead atoms. The van der Waals surface area contributed by atoms with Crippen molar-refractivity contribution in [2.24, 2.45) is 0 Å². The van der Waals surface area contributed by atoms with E-state index < -0.39 is 28.5 Å². The molecule has 0 fully saturated rings. The standard InChI is InChI=1S/C31H39N3O4S/c1-6-18-32-31(36)29(20-26-13-8-7-9-14-26)33(21-27-15-11-10-12-24(27)3)30(35)22-34(39(5,37)38)28-19-23(2)16-17-25(28)4/h7-17,19,29H,6,18,20-22H2,1-5H3,(H,32,36). The molecule has 0 saturated carbocycles. The molecule has 0 spiro atoms. The van der Waals surface area contributed by atoms with Crippen LogP contribution in [-0.4, -0.2) is 50.5 Å². The fourth-order valence-corrected chi connectivity index (χ4v) is 5.37. The van der Waals surface area contributed by atoms with Crippen LogP contribution < -0.4 is 9.62 Å². The quantitative estimate of drug-likeness (QED) is 0.359. The zero-order valence-corrected chi connectivity index (χ0v) is 24.3. The molecule has 2 amide bonds. The van der Waals surface area contributed by atoms with Crippen LogP contribution in [0.15, 0.2) is 72.8 Å². The van der Waals surface area contributed by atoms with Crippen molar-refractivity contribution in [3.63, 3.8) is 0 Å². The number of sulfonamides is 1. The van der Waals surface area contributed by atoms with Gasteiger partial charge in [-0.3, -0.25) is 13.9 Å². The Morgan fingerprint density at radius 1 is 0.897 bits per heavy atom. The van der Waals surface area contributed by atoms with Gasteiger partial charge in [0.1, 0.15) is 12.6 Å². The smallest absolute Gasteiger partial charge is 0.244 e. The summed E-state index contributed by atoms with van der Waals surface area (Å²) in [4.78, 5) is 29.2. The van der Waals surface area contributed by atoms with Crippen molar-refractivity contribution in [2.75, 3.05) is 23.7 Å². The van der Waals surface area contributed by atoms with Crippen molar-refractivity contribution in [1.82, 2.24) is 10.2 Å². The Balaban J connectivity index is 2.08. The van der Waals surface area contributed by atoms with Crippen molar-refractivity contribution in [3.05, 3.63) is 101 Å². The average Bonchev–Trinajstić information content (AvgIpc) is 2.90. The number of nitrogens with zero attached hydrogens (tertiary/aromatic N) is 2. The molecule has 208 valence electrons. The monoisotopic (exact) mass is 549 g/mol. The van der Waals surface area contributed by atoms with Crippen molar-refractivity contribution >= 4 is 27.5 Å². The Morgan fingerprint density at radius 3 is 2.21 bits per heavy atom. The van der Waals surface area contributed by atoms with Crippen LogP contribution in [0.4, 0.5) is 5.69 Å². The van der Waals surface area contributed by atoms with Crippen molar-refractivity contribution in [2.45, 2.75) is 53.1 Å². The Morgan fingerprint density at radius 2 is 1.56 bits per heavy atom. The number of hydrogen-bond donors (Lipinski definition) is 1. The van der Waals surface area contributed by atoms with E-state index in [1.165, 1.54) is 4.90 Å². The molecular formula is C31H39N3O4S. The van der Waals surface area contributed by atoms with Gasteiger partial charge < -0.3 is 10.2 Å². The van der Waals surface area contributed by atoms with Crippen LogP contribution in [0.1, 0.15) is 41.2 Å². The van der Waals surface area contributed by atoms with E-state index in [4.69, 9.17) is 0 Å². The largest absolute Gasteiger partial charge is 0.354 e. The van der Waals surface area contributed by atoms with Gasteiger partial charge in [-0.15, -0.1) is 0 Å². The Labute approximate surface area is 232 Å². The van der Waals surface area contributed by atoms with Gasteiger partial charge >= 0.3 is 0 Å². The van der Waals surface area contributed by atoms with E-state index in [0.29, 0.717) is 18.7 Å². The van der Waals surface area contributed by atoms with Crippen LogP contribution in [0.3, 0.4) is 0 Å². The Hall–Kier alpha value is -3.65. The van der Waals surface area contributed by atoms with Crippen LogP contribution in [-0.2, 0) is 32.6 Å². The highest BCUT2D eigenvalue weighted by molar-refractivity contribution is 7.92. The maximum absolute atomic E-state index is 14.1. The number of carbonyl (C=O) groups excluding carboxylic acids is 2. The summed E-state index contributed by atoms with van der Waals surface area (Å²) in [5, 5.41) is 2.96. The first-order valence-electron chi connectivity index (χ1n) is 13.2. The van der Waals surface area contributed by atoms with Crippen LogP contribution in [0.5, 0.6) is 0 Å². The lowest BCUT2D eigenvalue weighted by Crippen LogP contribution is -2.53. The van der Waals surface area contributed by atoms with Crippen molar-refractivity contribution in [3.8, 4) is 0 Å². The highest BCUT2D eigenvalue weighted by atomic mass is 32.2. The molecule has 0 aliphatic carbocycles. The summed E-state index contributed by atoms with van der Waals surface area (Å²) in [6, 6.07) is 21.9. The van der Waals surface area contributed by atoms with Crippen molar-refractivity contribution in [1.29, 1.82) is 0 Å². The Bertz CT molecular complexity index is 1390. The van der Waals surface area contributed by atoms with E-state index in [2.05, 4.69) is 5.32 Å². The molecule has 1 atom stereocenters. The molecule has 0 aromatic heterocycles. The second kappa shape index (κ2) is 13.4. The molecule has 3 aromatic carbocycles. The molecule has 1 unspecified atom stereocenters. The summed E-state index contributed by atoms with van der Waals surface area (Å²) in [7, 11) is -3.80. The van der Waals surface area contributed by atoms with E-state index in [1.807, 2.05) is 94.4 Å². The lowest BCUT2D eigenvalue weighted by molar-refractivity contribution is -0.140. The van der Waals surface area contributed by atoms with Gasteiger partial charge in [-0.1, -0.05) is 73.7 Å². The molecule has 8 heteroatoms. The van der Waals surface area contributed by atoms with E-state index in [1.54, 1.807) is 6.07 Å². The van der Waals surface area contributed by atoms with Gasteiger partial charge in [-0.2, -0.15) is 0 Å². The third-order valence-electron chi connectivity index (χ3n) is 6.73. The first kappa shape index (κ1) is 29.9. The molecule has 0 aliphatic rings. The van der Waals surface area contributed by atoms with Crippen molar-refractivity contribution < 1.29 is 18.0 Å². The van der Waals surface area contributed by atoms with Gasteiger partial charge in [0.2, 0.25) is 21.8 Å². The van der Waals surface area contributed by atoms with Gasteiger partial charge in [0, 0.05) is 19.5 Å². The molecule has 39 heavy (non-hydrogen) atoms. The number of nitrogens with one attached hydrogen (secondary N) is 1. The van der Waals surface area contributed by atoms with Crippen LogP contribution in [0, 0.1) is 20.8 Å². The average molecular weight is 550 g/mol. The summed E-state index contributed by atoms with van der Waals surface area (Å²) in [6.45, 7) is 7.86. The molecule has 0 heterocycles. The molecule has 0 saturated heterocycles. The van der Waals surface area contributed by atoms with Gasteiger partial charge in [-0.25, -0.2) is 8.42 Å². The lowest BCUT2D eigenvalue weighted by Gasteiger charge is -2.34. The zero-order valence-electron chi connectivity index (χ0n) is 23.5. The SMILES string of the molecule is CCCNC(=O)C(Cc1ccccc1)N(Cc1ccccc1C)C(=O)CN(c1cc(C)ccc1C)S(C)(=O)=O. The molecule has 0 aliphatic heterocycles. The topological polar surface area (TPSA) is 86.8 Å². The van der Waals surface area contributed by atoms with Gasteiger partial charge in [0.05, 0.1) is 11.9 Å². The number of benzene rings is 3. The van der Waals surface area contributed by atoms with E-state index in [9.17, 15) is 18.0 Å². The molecule has 0 radical (unpaired) electrons. The normalized spacial score (nSPS) is 12.0. The summed E-state index contributed by atoms with van der Waals surface area (Å²) in [6.07, 6.45) is 2.16. The van der Waals surface area contributed by atoms with E-state index >= 15 is 0 Å². The first-order chi connectivity index (χ1) is 18.5. The van der Waals surface area contributed by atoms with Crippen LogP contribution in [0.2, 0.25) is 0 Å². The lowest BCUT2D eigenvalue weighted by atomic mass is 10.0. The first-order valence-corrected chi connectivity index (χ1v) is 15.1. The predicted molar refractivity (Wildman–Crippen MR) is 157 cm³/mol. The van der Waals surface area contributed by atoms with Gasteiger partial charge in [0.15, 0.2) is 0 Å². The number of hydrogen-bond acceptors (Lipinski definition) is 4. The fourth-order valence-electron chi connectivity index (χ4n) is 4.47. The molecule has 7 nitrogen and oxygen atoms in total. The maximum atomic E-state index is 14.1. The number of anilines is 1. The zero-order chi connectivity index (χ0) is 28.6. The minimum absolute atomic E-state index is 0.174. The summed E-state index contributed by atoms with van der Waals surface area (Å²) < 4.78 is 27.1. The predicted octanol–water partition coefficient (Wildman–Crippen LogP) is 4.54. The minimum atomic E-state index is -3.80. The van der Waals surface area contributed by atoms with E-state index in [-0.39, 0.29) is 12.5 Å². The van der Waals surface area contributed by atoms with Gasteiger partial charge in [0.25, 0.3) is 0 Å². The van der Waals surface area contributed by atoms with Crippen LogP contribution >= 0.6 is 0 Å². The second-order valence-corrected chi connectivity index (χ2v) is 11.9. The third kappa shape index (κ3) is 8.17. The van der Waals surface area contributed by atoms with E-state index in [0.717, 1.165) is 44.8 Å². The Kier molecular flexibility index (Phi) is 10.3. The summed E-state index contributed by atoms with van der Waals surface area (Å²) in [5.74, 6) is -0.711. The van der Waals surface area contributed by atoms with Gasteiger partial charge in [-0.05, 0) is 61.1 Å². The van der Waals surface area contributed by atoms with Crippen LogP contribution in [0.25, 0.3) is 0 Å². The second-order valence-electron chi connectivity index (χ2n) is 10.0. The highest BCUT2D eigenvalue weighted by Crippen LogP contribution is 2.25. The number of aryl methyl sites for hydroxylation is 3. The molecule has 3 aromatic rings. The molecule has 3 rings (SSSR count). The minimum Gasteiger partial charge on any atom is -0.354 e. The third-order valence-corrected chi connectivity index (χ3v) is 7.86. The molecular weight excluding hydrogens is 510 g/mol. The highest BCUT2D eigenvalue weighted by Gasteiger charge is 2.33. The molecule has 1 N–H and O–H groups in total. The number of carbonyl (C=O) groups is 2. The fraction of sp³-hybridized carbons (Fsp3) is 0.355. The number of amides is 2. The summed E-state index contributed by atoms with van der Waals surface area (Å²) in [5.41, 5.74) is 4.87. The maximum Gasteiger partial charge on any atom is 0.244 e. The number of rotatable bonds is 12. The summed E-state index contributed by atoms with van der Waals surface area (Å²) >= 11 is 0.